The molecule has 0 amide bonds. The number of hydrogen-bond acceptors (Lipinski definition) is 7. The standard InChI is InChI=1S/C10H17NO5.BH4PS/c1-4-5-15-8(6-12)9(11-3)10(14)16-7(2)13;2-1-3/h4,8-9,11-12H,1,5-6H2,2-3H3;1,3H,2H2/t8?,9-;/m0./s1/i12T;1D. The first-order valence-electron chi connectivity index (χ1n) is 6.34. The molecular formula is C10H21BNO5PS. The number of nitrogens with one attached hydrogen (secondary N) is 1. The van der Waals surface area contributed by atoms with Gasteiger partial charge in [-0.05, 0) is 8.38 Å². The molecule has 0 radical (unpaired) electrons. The van der Waals surface area contributed by atoms with Crippen LogP contribution < -0.4 is 5.32 Å². The highest BCUT2D eigenvalue weighted by atomic mass is 32.1. The minimum Gasteiger partial charge on any atom is -0.394 e. The lowest BCUT2D eigenvalue weighted by atomic mass is 10.1. The van der Waals surface area contributed by atoms with Crippen molar-refractivity contribution in [2.24, 2.45) is 0 Å². The van der Waals surface area contributed by atoms with Crippen molar-refractivity contribution in [1.29, 1.82) is 2.77 Å². The maximum absolute atomic E-state index is 11.5. The zero-order valence-corrected chi connectivity index (χ0v) is 13.0. The molecule has 2 N–H and O–H groups in total. The summed E-state index contributed by atoms with van der Waals surface area (Å²) in [5.74, 6) is -1.48. The fourth-order valence-electron chi connectivity index (χ4n) is 1.09. The molecular weight excluding hydrogens is 288 g/mol. The topological polar surface area (TPSA) is 84.9 Å². The van der Waals surface area contributed by atoms with Gasteiger partial charge in [-0.3, -0.25) is 4.79 Å². The minimum atomic E-state index is -0.885. The highest BCUT2D eigenvalue weighted by Gasteiger charge is 2.29. The van der Waals surface area contributed by atoms with Crippen LogP contribution in [0.2, 0.25) is 0 Å². The Morgan fingerprint density at radius 1 is 1.84 bits per heavy atom. The lowest BCUT2D eigenvalue weighted by molar-refractivity contribution is -0.162. The van der Waals surface area contributed by atoms with Gasteiger partial charge in [-0.1, -0.05) is 6.08 Å². The van der Waals surface area contributed by atoms with E-state index in [-0.39, 0.29) is 19.5 Å². The maximum Gasteiger partial charge on any atom is 0.333 e. The van der Waals surface area contributed by atoms with Crippen molar-refractivity contribution in [3.8, 4) is 0 Å². The molecule has 0 aromatic carbocycles. The smallest absolute Gasteiger partial charge is 0.333 e. The van der Waals surface area contributed by atoms with E-state index in [1.165, 1.54) is 13.1 Å². The first-order chi connectivity index (χ1) is 9.79. The Labute approximate surface area is 124 Å². The number of likely N-dealkylation sites (N-methyl/N-ethyl adjacent to an activating group) is 1. The molecule has 0 saturated heterocycles. The SMILES string of the molecule is [2H]B(P)S.[3H]OCC(OCC=C)[C@H](NC)C(=O)OC(C)=O. The first-order valence-corrected chi connectivity index (χ1v) is 6.54. The highest BCUT2D eigenvalue weighted by molar-refractivity contribution is 8.20. The molecule has 3 atom stereocenters. The van der Waals surface area contributed by atoms with Crippen molar-refractivity contribution in [1.82, 2.24) is 5.32 Å². The number of aliphatic hydroxyl groups excluding tert-OH is 1. The Bertz CT molecular complexity index is 325. The average molecular weight is 312 g/mol. The predicted molar refractivity (Wildman–Crippen MR) is 82.5 cm³/mol. The van der Waals surface area contributed by atoms with E-state index in [0.29, 0.717) is 0 Å². The van der Waals surface area contributed by atoms with Gasteiger partial charge in [-0.2, -0.15) is 9.12 Å². The fraction of sp³-hybridized carbons (Fsp3) is 0.600. The summed E-state index contributed by atoms with van der Waals surface area (Å²) in [5, 5.41) is 6.85. The molecule has 0 spiro atoms. The molecule has 0 fully saturated rings. The second-order valence-electron chi connectivity index (χ2n) is 3.16. The molecule has 0 aliphatic carbocycles. The van der Waals surface area contributed by atoms with Crippen LogP contribution in [0.15, 0.2) is 12.7 Å². The van der Waals surface area contributed by atoms with Crippen molar-refractivity contribution >= 4 is 39.8 Å². The van der Waals surface area contributed by atoms with Crippen LogP contribution in [0.5, 0.6) is 0 Å². The third kappa shape index (κ3) is 11.2. The summed E-state index contributed by atoms with van der Waals surface area (Å²) in [7, 11) is 3.70. The summed E-state index contributed by atoms with van der Waals surface area (Å²) >= 11 is 3.60. The lowest BCUT2D eigenvalue weighted by Crippen LogP contribution is -2.48. The Morgan fingerprint density at radius 3 is 2.79 bits per heavy atom. The van der Waals surface area contributed by atoms with E-state index in [9.17, 15) is 9.59 Å². The minimum absolute atomic E-state index is 0.133. The number of ether oxygens (including phenoxy) is 2. The van der Waals surface area contributed by atoms with E-state index >= 15 is 0 Å². The van der Waals surface area contributed by atoms with Gasteiger partial charge >= 0.3 is 11.9 Å². The van der Waals surface area contributed by atoms with E-state index in [4.69, 9.17) is 7.50 Å². The molecule has 2 unspecified atom stereocenters. The van der Waals surface area contributed by atoms with Gasteiger partial charge in [0, 0.05) is 6.92 Å². The molecule has 6 nitrogen and oxygen atoms in total. The number of aliphatic hydroxyl groups is 1. The second-order valence-corrected chi connectivity index (χ2v) is 4.35. The van der Waals surface area contributed by atoms with Gasteiger partial charge < -0.3 is 19.9 Å². The van der Waals surface area contributed by atoms with Gasteiger partial charge in [-0.15, -0.1) is 6.58 Å². The first kappa shape index (κ1) is 16.7. The molecule has 0 bridgehead atoms. The molecule has 0 aliphatic heterocycles. The number of carbonyl (C=O) groups is 2. The molecule has 0 aliphatic rings. The quantitative estimate of drug-likeness (QED) is 0.137. The van der Waals surface area contributed by atoms with Crippen molar-refractivity contribution in [3.63, 3.8) is 0 Å². The Balaban J connectivity index is 0. The second kappa shape index (κ2) is 14.0. The number of thiol groups is 1. The van der Waals surface area contributed by atoms with Gasteiger partial charge in [0.05, 0.1) is 13.2 Å². The summed E-state index contributed by atoms with van der Waals surface area (Å²) in [6.45, 7) is 4.66. The van der Waals surface area contributed by atoms with Gasteiger partial charge in [0.15, 0.2) is 0 Å². The van der Waals surface area contributed by atoms with E-state index in [0.717, 1.165) is 6.92 Å². The van der Waals surface area contributed by atoms with Crippen LogP contribution in [0.3, 0.4) is 0 Å². The molecule has 0 aromatic rings. The maximum atomic E-state index is 11.5. The summed E-state index contributed by atoms with van der Waals surface area (Å²) < 4.78 is 22.8. The summed E-state index contributed by atoms with van der Waals surface area (Å²) in [4.78, 5) is 22.2. The largest absolute Gasteiger partial charge is 0.394 e. The van der Waals surface area contributed by atoms with Crippen LogP contribution in [-0.4, -0.2) is 58.5 Å². The van der Waals surface area contributed by atoms with Crippen LogP contribution in [0.1, 0.15) is 6.92 Å². The van der Waals surface area contributed by atoms with Gasteiger partial charge in [0.2, 0.25) is 7.67 Å². The lowest BCUT2D eigenvalue weighted by Gasteiger charge is -2.22. The van der Waals surface area contributed by atoms with Crippen molar-refractivity contribution in [2.75, 3.05) is 20.3 Å². The summed E-state index contributed by atoms with van der Waals surface area (Å²) in [6, 6.07) is -0.885. The van der Waals surface area contributed by atoms with Crippen molar-refractivity contribution in [2.45, 2.75) is 19.1 Å². The van der Waals surface area contributed by atoms with Gasteiger partial charge in [0.1, 0.15) is 12.1 Å². The molecule has 0 aromatic heterocycles. The van der Waals surface area contributed by atoms with E-state index < -0.39 is 24.1 Å². The van der Waals surface area contributed by atoms with Crippen LogP contribution in [-0.2, 0) is 19.1 Å². The fourth-order valence-corrected chi connectivity index (χ4v) is 1.09. The third-order valence-corrected chi connectivity index (χ3v) is 1.77. The molecule has 0 saturated carbocycles. The average Bonchev–Trinajstić information content (AvgIpc) is 2.35. The predicted octanol–water partition coefficient (Wildman–Crippen LogP) is -0.715. The van der Waals surface area contributed by atoms with Crippen LogP contribution in [0.4, 0.5) is 0 Å². The number of esters is 2. The number of carbonyl (C=O) groups excluding carboxylic acids is 2. The monoisotopic (exact) mass is 312 g/mol. The van der Waals surface area contributed by atoms with Crippen molar-refractivity contribution < 1.29 is 24.2 Å². The Hall–Kier alpha value is -0.395. The molecule has 0 heterocycles. The zero-order valence-electron chi connectivity index (χ0n) is 13.0. The van der Waals surface area contributed by atoms with Crippen LogP contribution in [0.25, 0.3) is 0 Å². The summed E-state index contributed by atoms with van der Waals surface area (Å²) in [6.07, 6.45) is 0.460. The molecule has 9 heteroatoms. The molecule has 19 heavy (non-hydrogen) atoms. The third-order valence-electron chi connectivity index (χ3n) is 1.77. The van der Waals surface area contributed by atoms with Crippen LogP contribution >= 0.6 is 21.6 Å². The zero-order chi connectivity index (χ0) is 16.8. The Morgan fingerprint density at radius 2 is 2.42 bits per heavy atom. The highest BCUT2D eigenvalue weighted by Crippen LogP contribution is 2.02. The van der Waals surface area contributed by atoms with Gasteiger partial charge in [0.25, 0.3) is 0 Å². The van der Waals surface area contributed by atoms with Gasteiger partial charge in [-0.25, -0.2) is 17.3 Å². The Kier molecular flexibility index (Phi) is 12.3. The molecule has 110 valence electrons. The van der Waals surface area contributed by atoms with Crippen molar-refractivity contribution in [3.05, 3.63) is 12.7 Å². The van der Waals surface area contributed by atoms with E-state index in [2.05, 4.69) is 43.3 Å². The number of rotatable bonds is 8. The number of hydrogen-bond donors (Lipinski definition) is 3. The van der Waals surface area contributed by atoms with E-state index in [1.807, 2.05) is 0 Å². The van der Waals surface area contributed by atoms with Crippen LogP contribution in [0, 0.1) is 0 Å². The normalized spacial score (nSPS) is 13.9. The van der Waals surface area contributed by atoms with E-state index in [1.54, 1.807) is 0 Å². The summed E-state index contributed by atoms with van der Waals surface area (Å²) in [5.41, 5.74) is 0. The molecule has 0 rings (SSSR count).